The summed E-state index contributed by atoms with van der Waals surface area (Å²) in [6.07, 6.45) is 2.99. The number of nitrogens with zero attached hydrogens (tertiary/aromatic N) is 3. The molecule has 2 aromatic rings. The summed E-state index contributed by atoms with van der Waals surface area (Å²) in [6.45, 7) is 7.17. The Morgan fingerprint density at radius 1 is 1.24 bits per heavy atom. The number of aromatic nitrogens is 3. The highest BCUT2D eigenvalue weighted by Crippen LogP contribution is 2.26. The van der Waals surface area contributed by atoms with Crippen LogP contribution in [0.2, 0.25) is 0 Å². The monoisotopic (exact) mass is 230 g/mol. The van der Waals surface area contributed by atoms with E-state index in [9.17, 15) is 0 Å². The van der Waals surface area contributed by atoms with Crippen LogP contribution < -0.4 is 5.73 Å². The standard InChI is InChI=1S/C13H18N4/c1-4-7-17-10(3)12(8-15-17)11-5-6-13(14)16-9(11)2/h5-6,8H,4,7H2,1-3H3,(H2,14,16). The Morgan fingerprint density at radius 2 is 2.00 bits per heavy atom. The predicted molar refractivity (Wildman–Crippen MR) is 69.6 cm³/mol. The molecule has 0 atom stereocenters. The van der Waals surface area contributed by atoms with Crippen molar-refractivity contribution in [3.63, 3.8) is 0 Å². The summed E-state index contributed by atoms with van der Waals surface area (Å²) in [6, 6.07) is 3.84. The van der Waals surface area contributed by atoms with Crippen LogP contribution in [0.4, 0.5) is 5.82 Å². The quantitative estimate of drug-likeness (QED) is 0.881. The van der Waals surface area contributed by atoms with E-state index in [1.54, 1.807) is 0 Å². The molecule has 2 N–H and O–H groups in total. The van der Waals surface area contributed by atoms with Crippen molar-refractivity contribution in [2.75, 3.05) is 5.73 Å². The van der Waals surface area contributed by atoms with Crippen molar-refractivity contribution in [3.05, 3.63) is 29.7 Å². The van der Waals surface area contributed by atoms with E-state index in [2.05, 4.69) is 23.9 Å². The number of hydrogen-bond acceptors (Lipinski definition) is 3. The van der Waals surface area contributed by atoms with E-state index in [-0.39, 0.29) is 0 Å². The van der Waals surface area contributed by atoms with Gasteiger partial charge in [-0.15, -0.1) is 0 Å². The van der Waals surface area contributed by atoms with E-state index in [0.717, 1.165) is 29.8 Å². The second kappa shape index (κ2) is 4.57. The number of aryl methyl sites for hydroxylation is 2. The van der Waals surface area contributed by atoms with Gasteiger partial charge in [0.15, 0.2) is 0 Å². The van der Waals surface area contributed by atoms with Gasteiger partial charge in [-0.1, -0.05) is 6.92 Å². The molecule has 0 aliphatic heterocycles. The molecule has 0 saturated heterocycles. The number of anilines is 1. The molecule has 90 valence electrons. The molecule has 0 saturated carbocycles. The molecule has 2 rings (SSSR count). The van der Waals surface area contributed by atoms with E-state index in [4.69, 9.17) is 5.73 Å². The second-order valence-corrected chi connectivity index (χ2v) is 4.24. The molecule has 4 heteroatoms. The molecule has 2 heterocycles. The fourth-order valence-corrected chi connectivity index (χ4v) is 2.01. The molecule has 4 nitrogen and oxygen atoms in total. The highest BCUT2D eigenvalue weighted by molar-refractivity contribution is 5.68. The molecular weight excluding hydrogens is 212 g/mol. The highest BCUT2D eigenvalue weighted by Gasteiger charge is 2.10. The van der Waals surface area contributed by atoms with Gasteiger partial charge in [-0.3, -0.25) is 4.68 Å². The maximum atomic E-state index is 5.66. The lowest BCUT2D eigenvalue weighted by molar-refractivity contribution is 0.587. The van der Waals surface area contributed by atoms with Gasteiger partial charge >= 0.3 is 0 Å². The molecular formula is C13H18N4. The lowest BCUT2D eigenvalue weighted by atomic mass is 10.1. The molecule has 17 heavy (non-hydrogen) atoms. The summed E-state index contributed by atoms with van der Waals surface area (Å²) in [5, 5.41) is 4.40. The molecule has 0 radical (unpaired) electrons. The Labute approximate surface area is 101 Å². The zero-order valence-electron chi connectivity index (χ0n) is 10.6. The summed E-state index contributed by atoms with van der Waals surface area (Å²) in [7, 11) is 0. The van der Waals surface area contributed by atoms with Crippen LogP contribution in [0.3, 0.4) is 0 Å². The molecule has 0 aliphatic carbocycles. The third-order valence-corrected chi connectivity index (χ3v) is 2.94. The smallest absolute Gasteiger partial charge is 0.123 e. The minimum Gasteiger partial charge on any atom is -0.384 e. The summed E-state index contributed by atoms with van der Waals surface area (Å²) in [5.74, 6) is 0.560. The number of nitrogen functional groups attached to an aromatic ring is 1. The average Bonchev–Trinajstić information content (AvgIpc) is 2.62. The molecule has 0 amide bonds. The predicted octanol–water partition coefficient (Wildman–Crippen LogP) is 2.55. The Morgan fingerprint density at radius 3 is 2.65 bits per heavy atom. The molecule has 0 fully saturated rings. The summed E-state index contributed by atoms with van der Waals surface area (Å²) in [5.41, 5.74) is 10.0. The average molecular weight is 230 g/mol. The third-order valence-electron chi connectivity index (χ3n) is 2.94. The van der Waals surface area contributed by atoms with E-state index in [0.29, 0.717) is 5.82 Å². The number of pyridine rings is 1. The van der Waals surface area contributed by atoms with Gasteiger partial charge in [-0.25, -0.2) is 4.98 Å². The number of nitrogens with two attached hydrogens (primary N) is 1. The van der Waals surface area contributed by atoms with Crippen LogP contribution in [0.5, 0.6) is 0 Å². The van der Waals surface area contributed by atoms with Crippen molar-refractivity contribution in [2.24, 2.45) is 0 Å². The van der Waals surface area contributed by atoms with Crippen LogP contribution in [0.1, 0.15) is 24.7 Å². The SMILES string of the molecule is CCCn1ncc(-c2ccc(N)nc2C)c1C. The van der Waals surface area contributed by atoms with Crippen LogP contribution in [-0.2, 0) is 6.54 Å². The third kappa shape index (κ3) is 2.16. The Bertz CT molecular complexity index is 528. The van der Waals surface area contributed by atoms with Crippen molar-refractivity contribution in [1.29, 1.82) is 0 Å². The molecule has 0 unspecified atom stereocenters. The van der Waals surface area contributed by atoms with E-state index < -0.39 is 0 Å². The fourth-order valence-electron chi connectivity index (χ4n) is 2.01. The minimum atomic E-state index is 0.560. The van der Waals surface area contributed by atoms with Crippen LogP contribution in [0.25, 0.3) is 11.1 Å². The van der Waals surface area contributed by atoms with Crippen molar-refractivity contribution in [2.45, 2.75) is 33.7 Å². The molecule has 2 aromatic heterocycles. The number of hydrogen-bond donors (Lipinski definition) is 1. The summed E-state index contributed by atoms with van der Waals surface area (Å²) >= 11 is 0. The minimum absolute atomic E-state index is 0.560. The zero-order chi connectivity index (χ0) is 12.4. The highest BCUT2D eigenvalue weighted by atomic mass is 15.3. The summed E-state index contributed by atoms with van der Waals surface area (Å²) in [4.78, 5) is 4.29. The van der Waals surface area contributed by atoms with Crippen molar-refractivity contribution in [1.82, 2.24) is 14.8 Å². The van der Waals surface area contributed by atoms with Crippen LogP contribution in [-0.4, -0.2) is 14.8 Å². The van der Waals surface area contributed by atoms with Crippen LogP contribution in [0.15, 0.2) is 18.3 Å². The van der Waals surface area contributed by atoms with Gasteiger partial charge in [0.25, 0.3) is 0 Å². The van der Waals surface area contributed by atoms with Gasteiger partial charge < -0.3 is 5.73 Å². The van der Waals surface area contributed by atoms with Crippen LogP contribution in [0, 0.1) is 13.8 Å². The zero-order valence-corrected chi connectivity index (χ0v) is 10.6. The Kier molecular flexibility index (Phi) is 3.13. The first kappa shape index (κ1) is 11.6. The van der Waals surface area contributed by atoms with E-state index in [1.165, 1.54) is 5.69 Å². The fraction of sp³-hybridized carbons (Fsp3) is 0.385. The maximum Gasteiger partial charge on any atom is 0.123 e. The van der Waals surface area contributed by atoms with Gasteiger partial charge in [0.1, 0.15) is 5.82 Å². The normalized spacial score (nSPS) is 10.8. The molecule has 0 aromatic carbocycles. The Hall–Kier alpha value is -1.84. The first-order valence-corrected chi connectivity index (χ1v) is 5.89. The van der Waals surface area contributed by atoms with Gasteiger partial charge in [0, 0.05) is 29.1 Å². The second-order valence-electron chi connectivity index (χ2n) is 4.24. The van der Waals surface area contributed by atoms with Crippen LogP contribution >= 0.6 is 0 Å². The topological polar surface area (TPSA) is 56.7 Å². The van der Waals surface area contributed by atoms with Gasteiger partial charge in [-0.2, -0.15) is 5.10 Å². The molecule has 0 aliphatic rings. The van der Waals surface area contributed by atoms with Gasteiger partial charge in [0.2, 0.25) is 0 Å². The van der Waals surface area contributed by atoms with Crippen molar-refractivity contribution in [3.8, 4) is 11.1 Å². The lowest BCUT2D eigenvalue weighted by Crippen LogP contribution is -2.01. The first-order valence-electron chi connectivity index (χ1n) is 5.89. The molecule has 0 bridgehead atoms. The first-order chi connectivity index (χ1) is 8.13. The number of rotatable bonds is 3. The summed E-state index contributed by atoms with van der Waals surface area (Å²) < 4.78 is 2.03. The lowest BCUT2D eigenvalue weighted by Gasteiger charge is -2.06. The van der Waals surface area contributed by atoms with Gasteiger partial charge in [0.05, 0.1) is 6.20 Å². The Balaban J connectivity index is 2.46. The van der Waals surface area contributed by atoms with Gasteiger partial charge in [-0.05, 0) is 32.4 Å². The van der Waals surface area contributed by atoms with E-state index >= 15 is 0 Å². The molecule has 0 spiro atoms. The van der Waals surface area contributed by atoms with Crippen molar-refractivity contribution >= 4 is 5.82 Å². The van der Waals surface area contributed by atoms with Crippen molar-refractivity contribution < 1.29 is 0 Å². The largest absolute Gasteiger partial charge is 0.384 e. The van der Waals surface area contributed by atoms with E-state index in [1.807, 2.05) is 29.9 Å². The maximum absolute atomic E-state index is 5.66.